The van der Waals surface area contributed by atoms with Crippen molar-refractivity contribution in [3.8, 4) is 0 Å². The highest BCUT2D eigenvalue weighted by atomic mass is 16.3. The molecule has 0 saturated carbocycles. The van der Waals surface area contributed by atoms with Gasteiger partial charge in [-0.05, 0) is 0 Å². The Hall–Kier alpha value is -0.120. The molecule has 1 unspecified atom stereocenters. The summed E-state index contributed by atoms with van der Waals surface area (Å²) >= 11 is 0. The van der Waals surface area contributed by atoms with E-state index in [1.807, 2.05) is 0 Å². The van der Waals surface area contributed by atoms with Crippen molar-refractivity contribution in [2.45, 2.75) is 25.4 Å². The van der Waals surface area contributed by atoms with Crippen molar-refractivity contribution in [2.24, 2.45) is 0 Å². The van der Waals surface area contributed by atoms with Crippen LogP contribution in [0.25, 0.3) is 0 Å². The molecule has 0 amide bonds. The Kier molecular flexibility index (Phi) is 2.52. The van der Waals surface area contributed by atoms with Gasteiger partial charge < -0.3 is 15.1 Å². The third kappa shape index (κ3) is 1.55. The Morgan fingerprint density at radius 1 is 1.09 bits per heavy atom. The highest BCUT2D eigenvalue weighted by molar-refractivity contribution is 4.67. The fourth-order valence-corrected chi connectivity index (χ4v) is 2.46. The van der Waals surface area contributed by atoms with E-state index in [-0.39, 0.29) is 11.6 Å². The standard InChI is InChI=1S/C8H16NO.H2O/c10-8-3-6-9(7-8)4-1-2-5-9;/h8,10H,1-7H2;1H2/q+1;/p-1. The molecule has 0 bridgehead atoms. The number of hydrogen-bond acceptors (Lipinski definition) is 2. The summed E-state index contributed by atoms with van der Waals surface area (Å²) in [6, 6.07) is 0. The lowest BCUT2D eigenvalue weighted by atomic mass is 10.3. The lowest BCUT2D eigenvalue weighted by molar-refractivity contribution is -0.906. The molecular weight excluding hydrogens is 142 g/mol. The van der Waals surface area contributed by atoms with E-state index in [2.05, 4.69) is 0 Å². The Balaban J connectivity index is 0.000000605. The van der Waals surface area contributed by atoms with E-state index < -0.39 is 0 Å². The molecule has 0 aliphatic carbocycles. The van der Waals surface area contributed by atoms with E-state index in [1.165, 1.54) is 37.0 Å². The van der Waals surface area contributed by atoms with Crippen molar-refractivity contribution in [3.05, 3.63) is 0 Å². The molecule has 3 nitrogen and oxygen atoms in total. The maximum absolute atomic E-state index is 9.34. The first-order chi connectivity index (χ1) is 4.81. The summed E-state index contributed by atoms with van der Waals surface area (Å²) in [7, 11) is 0. The molecule has 2 heterocycles. The summed E-state index contributed by atoms with van der Waals surface area (Å²) in [4.78, 5) is 0. The fraction of sp³-hybridized carbons (Fsp3) is 1.00. The van der Waals surface area contributed by atoms with Crippen LogP contribution in [0.3, 0.4) is 0 Å². The van der Waals surface area contributed by atoms with Crippen LogP contribution in [-0.2, 0) is 0 Å². The van der Waals surface area contributed by atoms with Crippen LogP contribution in [0.15, 0.2) is 0 Å². The average molecular weight is 159 g/mol. The summed E-state index contributed by atoms with van der Waals surface area (Å²) in [5, 5.41) is 9.34. The van der Waals surface area contributed by atoms with Gasteiger partial charge in [0.25, 0.3) is 0 Å². The molecule has 2 N–H and O–H groups in total. The largest absolute Gasteiger partial charge is 0.870 e. The molecular formula is C8H17NO2. The number of aliphatic hydroxyl groups is 1. The number of quaternary nitrogens is 1. The molecule has 0 aromatic heterocycles. The Morgan fingerprint density at radius 2 is 1.73 bits per heavy atom. The monoisotopic (exact) mass is 159 g/mol. The normalized spacial score (nSPS) is 34.1. The first-order valence-corrected chi connectivity index (χ1v) is 4.34. The molecule has 2 aliphatic heterocycles. The highest BCUT2D eigenvalue weighted by Crippen LogP contribution is 2.26. The van der Waals surface area contributed by atoms with Gasteiger partial charge in [0.1, 0.15) is 12.6 Å². The summed E-state index contributed by atoms with van der Waals surface area (Å²) < 4.78 is 1.24. The van der Waals surface area contributed by atoms with Crippen LogP contribution in [0.1, 0.15) is 19.3 Å². The molecule has 1 atom stereocenters. The van der Waals surface area contributed by atoms with Crippen LogP contribution in [0.5, 0.6) is 0 Å². The number of hydrogen-bond donors (Lipinski definition) is 1. The van der Waals surface area contributed by atoms with Crippen LogP contribution in [0, 0.1) is 0 Å². The van der Waals surface area contributed by atoms with Crippen LogP contribution < -0.4 is 0 Å². The fourth-order valence-electron chi connectivity index (χ4n) is 2.46. The first kappa shape index (κ1) is 8.97. The van der Waals surface area contributed by atoms with Crippen LogP contribution in [-0.4, -0.2) is 47.3 Å². The quantitative estimate of drug-likeness (QED) is 0.513. The summed E-state index contributed by atoms with van der Waals surface area (Å²) in [5.74, 6) is 0. The van der Waals surface area contributed by atoms with E-state index in [1.54, 1.807) is 0 Å². The van der Waals surface area contributed by atoms with Gasteiger partial charge in [0.2, 0.25) is 0 Å². The lowest BCUT2D eigenvalue weighted by Gasteiger charge is -2.28. The minimum atomic E-state index is 0. The number of rotatable bonds is 0. The van der Waals surface area contributed by atoms with E-state index in [9.17, 15) is 5.11 Å². The molecule has 2 aliphatic rings. The molecule has 0 radical (unpaired) electrons. The van der Waals surface area contributed by atoms with Gasteiger partial charge in [0.15, 0.2) is 0 Å². The predicted molar refractivity (Wildman–Crippen MR) is 41.5 cm³/mol. The van der Waals surface area contributed by atoms with Crippen molar-refractivity contribution in [1.29, 1.82) is 0 Å². The highest BCUT2D eigenvalue weighted by Gasteiger charge is 2.39. The van der Waals surface area contributed by atoms with Gasteiger partial charge >= 0.3 is 0 Å². The van der Waals surface area contributed by atoms with Gasteiger partial charge in [0, 0.05) is 19.3 Å². The molecule has 2 rings (SSSR count). The van der Waals surface area contributed by atoms with Gasteiger partial charge in [-0.15, -0.1) is 0 Å². The maximum atomic E-state index is 9.34. The Bertz CT molecular complexity index is 132. The van der Waals surface area contributed by atoms with Crippen LogP contribution in [0.4, 0.5) is 0 Å². The topological polar surface area (TPSA) is 50.2 Å². The van der Waals surface area contributed by atoms with Crippen molar-refractivity contribution >= 4 is 0 Å². The predicted octanol–water partition coefficient (Wildman–Crippen LogP) is 0.185. The van der Waals surface area contributed by atoms with Crippen LogP contribution >= 0.6 is 0 Å². The second kappa shape index (κ2) is 3.09. The zero-order valence-corrected chi connectivity index (χ0v) is 6.87. The van der Waals surface area contributed by atoms with Crippen molar-refractivity contribution < 1.29 is 15.1 Å². The lowest BCUT2D eigenvalue weighted by Crippen LogP contribution is -2.43. The minimum absolute atomic E-state index is 0. The minimum Gasteiger partial charge on any atom is -0.870 e. The second-order valence-corrected chi connectivity index (χ2v) is 3.84. The van der Waals surface area contributed by atoms with Gasteiger partial charge in [-0.1, -0.05) is 0 Å². The zero-order valence-electron chi connectivity index (χ0n) is 6.87. The zero-order chi connectivity index (χ0) is 7.03. The number of nitrogens with zero attached hydrogens (tertiary/aromatic N) is 1. The third-order valence-corrected chi connectivity index (χ3v) is 3.05. The summed E-state index contributed by atoms with van der Waals surface area (Å²) in [6.07, 6.45) is 3.82. The Labute approximate surface area is 67.5 Å². The molecule has 0 aromatic rings. The summed E-state index contributed by atoms with van der Waals surface area (Å²) in [6.45, 7) is 4.94. The van der Waals surface area contributed by atoms with Gasteiger partial charge in [-0.25, -0.2) is 0 Å². The third-order valence-electron chi connectivity index (χ3n) is 3.05. The van der Waals surface area contributed by atoms with E-state index in [0.29, 0.717) is 0 Å². The van der Waals surface area contributed by atoms with Crippen molar-refractivity contribution in [3.63, 3.8) is 0 Å². The van der Waals surface area contributed by atoms with Crippen LogP contribution in [0.2, 0.25) is 0 Å². The molecule has 3 heteroatoms. The van der Waals surface area contributed by atoms with E-state index >= 15 is 0 Å². The van der Waals surface area contributed by atoms with E-state index in [4.69, 9.17) is 0 Å². The first-order valence-electron chi connectivity index (χ1n) is 4.34. The second-order valence-electron chi connectivity index (χ2n) is 3.84. The molecule has 1 spiro atoms. The summed E-state index contributed by atoms with van der Waals surface area (Å²) in [5.41, 5.74) is 0. The molecule has 2 fully saturated rings. The SMILES string of the molecule is OC1CC[N+]2(CCCC2)C1.[OH-]. The van der Waals surface area contributed by atoms with Gasteiger partial charge in [0.05, 0.1) is 19.6 Å². The molecule has 0 aromatic carbocycles. The number of aliphatic hydroxyl groups excluding tert-OH is 1. The van der Waals surface area contributed by atoms with Gasteiger partial charge in [-0.3, -0.25) is 0 Å². The maximum Gasteiger partial charge on any atom is 0.108 e. The van der Waals surface area contributed by atoms with E-state index in [0.717, 1.165) is 13.0 Å². The molecule has 2 saturated heterocycles. The van der Waals surface area contributed by atoms with Gasteiger partial charge in [-0.2, -0.15) is 0 Å². The van der Waals surface area contributed by atoms with Crippen molar-refractivity contribution in [2.75, 3.05) is 26.2 Å². The average Bonchev–Trinajstić information content (AvgIpc) is 2.46. The smallest absolute Gasteiger partial charge is 0.108 e. The van der Waals surface area contributed by atoms with Crippen molar-refractivity contribution in [1.82, 2.24) is 0 Å². The molecule has 11 heavy (non-hydrogen) atoms. The molecule has 66 valence electrons. The Morgan fingerprint density at radius 3 is 2.18 bits per heavy atom.